The minimum Gasteiger partial charge on any atom is -0.437 e. The lowest BCUT2D eigenvalue weighted by Crippen LogP contribution is -2.12. The Morgan fingerprint density at radius 2 is 2.08 bits per heavy atom. The molecule has 3 rings (SSSR count). The van der Waals surface area contributed by atoms with Gasteiger partial charge in [-0.3, -0.25) is 4.79 Å². The molecule has 0 aliphatic carbocycles. The van der Waals surface area contributed by atoms with Gasteiger partial charge in [0.05, 0.1) is 15.1 Å². The molecular weight excluding hydrogens is 369 g/mol. The molecule has 0 unspecified atom stereocenters. The molecule has 0 bridgehead atoms. The van der Waals surface area contributed by atoms with Gasteiger partial charge in [-0.1, -0.05) is 23.2 Å². The SMILES string of the molecule is Cc1nc(C(=O)Nc2ccc(Oc3ccc(Cl)cn3)c(Cl)c2)cs1. The fraction of sp³-hybridized carbons (Fsp3) is 0.0625. The second-order valence-corrected chi connectivity index (χ2v) is 6.67. The average molecular weight is 380 g/mol. The number of hydrogen-bond acceptors (Lipinski definition) is 5. The minimum atomic E-state index is -0.288. The fourth-order valence-electron chi connectivity index (χ4n) is 1.86. The molecular formula is C16H11Cl2N3O2S. The smallest absolute Gasteiger partial charge is 0.275 e. The molecule has 0 saturated carbocycles. The van der Waals surface area contributed by atoms with Crippen molar-refractivity contribution < 1.29 is 9.53 Å². The number of halogens is 2. The number of nitrogens with zero attached hydrogens (tertiary/aromatic N) is 2. The molecule has 1 aromatic carbocycles. The van der Waals surface area contributed by atoms with Crippen LogP contribution >= 0.6 is 34.5 Å². The molecule has 3 aromatic rings. The summed E-state index contributed by atoms with van der Waals surface area (Å²) in [5, 5.41) is 6.14. The van der Waals surface area contributed by atoms with Crippen molar-refractivity contribution in [1.82, 2.24) is 9.97 Å². The van der Waals surface area contributed by atoms with Gasteiger partial charge in [-0.05, 0) is 31.2 Å². The molecule has 0 radical (unpaired) electrons. The molecule has 1 amide bonds. The van der Waals surface area contributed by atoms with E-state index in [2.05, 4.69) is 15.3 Å². The first-order valence-corrected chi connectivity index (χ1v) is 8.47. The summed E-state index contributed by atoms with van der Waals surface area (Å²) in [5.41, 5.74) is 0.923. The number of rotatable bonds is 4. The lowest BCUT2D eigenvalue weighted by atomic mass is 10.3. The van der Waals surface area contributed by atoms with Crippen molar-refractivity contribution in [3.05, 3.63) is 62.7 Å². The van der Waals surface area contributed by atoms with Crippen LogP contribution in [0.25, 0.3) is 0 Å². The number of amides is 1. The van der Waals surface area contributed by atoms with E-state index in [1.165, 1.54) is 17.5 Å². The number of anilines is 1. The molecule has 5 nitrogen and oxygen atoms in total. The molecule has 24 heavy (non-hydrogen) atoms. The Morgan fingerprint density at radius 3 is 2.71 bits per heavy atom. The van der Waals surface area contributed by atoms with Gasteiger partial charge in [0.25, 0.3) is 5.91 Å². The molecule has 0 fully saturated rings. The van der Waals surface area contributed by atoms with Crippen LogP contribution in [0.5, 0.6) is 11.6 Å². The van der Waals surface area contributed by atoms with Crippen LogP contribution in [0.4, 0.5) is 5.69 Å². The lowest BCUT2D eigenvalue weighted by Gasteiger charge is -2.09. The number of ether oxygens (including phenoxy) is 1. The summed E-state index contributed by atoms with van der Waals surface area (Å²) < 4.78 is 5.59. The largest absolute Gasteiger partial charge is 0.437 e. The number of benzene rings is 1. The molecule has 1 N–H and O–H groups in total. The van der Waals surface area contributed by atoms with E-state index in [-0.39, 0.29) is 5.91 Å². The Hall–Kier alpha value is -2.15. The molecule has 0 atom stereocenters. The Labute approximate surface area is 152 Å². The van der Waals surface area contributed by atoms with Crippen molar-refractivity contribution in [2.75, 3.05) is 5.32 Å². The lowest BCUT2D eigenvalue weighted by molar-refractivity contribution is 0.102. The standard InChI is InChI=1S/C16H11Cl2N3O2S/c1-9-20-13(8-24-9)16(22)21-11-3-4-14(12(18)6-11)23-15-5-2-10(17)7-19-15/h2-8H,1H3,(H,21,22). The van der Waals surface area contributed by atoms with Gasteiger partial charge in [0.1, 0.15) is 11.4 Å². The van der Waals surface area contributed by atoms with E-state index in [0.717, 1.165) is 5.01 Å². The Morgan fingerprint density at radius 1 is 1.25 bits per heavy atom. The number of carbonyl (C=O) groups is 1. The zero-order valence-electron chi connectivity index (χ0n) is 12.4. The molecule has 2 aromatic heterocycles. The third-order valence-corrected chi connectivity index (χ3v) is 4.25. The van der Waals surface area contributed by atoms with Crippen LogP contribution in [-0.2, 0) is 0 Å². The summed E-state index contributed by atoms with van der Waals surface area (Å²) in [6, 6.07) is 8.25. The summed E-state index contributed by atoms with van der Waals surface area (Å²) in [4.78, 5) is 20.3. The zero-order valence-corrected chi connectivity index (χ0v) is 14.7. The number of aryl methyl sites for hydroxylation is 1. The van der Waals surface area contributed by atoms with Crippen molar-refractivity contribution in [1.29, 1.82) is 0 Å². The van der Waals surface area contributed by atoms with Gasteiger partial charge in [-0.15, -0.1) is 11.3 Å². The number of aromatic nitrogens is 2. The second kappa shape index (κ2) is 7.17. The Bertz CT molecular complexity index is 881. The maximum absolute atomic E-state index is 12.1. The predicted molar refractivity (Wildman–Crippen MR) is 95.6 cm³/mol. The van der Waals surface area contributed by atoms with Gasteiger partial charge in [0.2, 0.25) is 5.88 Å². The van der Waals surface area contributed by atoms with E-state index in [1.54, 1.807) is 35.7 Å². The monoisotopic (exact) mass is 379 g/mol. The van der Waals surface area contributed by atoms with E-state index in [1.807, 2.05) is 6.92 Å². The Kier molecular flexibility index (Phi) is 4.99. The van der Waals surface area contributed by atoms with Crippen molar-refractivity contribution >= 4 is 46.1 Å². The molecule has 2 heterocycles. The van der Waals surface area contributed by atoms with E-state index in [4.69, 9.17) is 27.9 Å². The normalized spacial score (nSPS) is 10.5. The molecule has 0 aliphatic heterocycles. The Balaban J connectivity index is 1.72. The third kappa shape index (κ3) is 4.03. The van der Waals surface area contributed by atoms with Crippen molar-refractivity contribution in [2.24, 2.45) is 0 Å². The highest BCUT2D eigenvalue weighted by Crippen LogP contribution is 2.31. The fourth-order valence-corrected chi connectivity index (χ4v) is 2.78. The topological polar surface area (TPSA) is 64.1 Å². The van der Waals surface area contributed by atoms with Crippen LogP contribution in [0.1, 0.15) is 15.5 Å². The van der Waals surface area contributed by atoms with Crippen molar-refractivity contribution in [3.63, 3.8) is 0 Å². The molecule has 0 saturated heterocycles. The van der Waals surface area contributed by atoms with Crippen LogP contribution < -0.4 is 10.1 Å². The maximum Gasteiger partial charge on any atom is 0.275 e. The third-order valence-electron chi connectivity index (χ3n) is 2.96. The number of thiazole rings is 1. The van der Waals surface area contributed by atoms with Gasteiger partial charge < -0.3 is 10.1 Å². The van der Waals surface area contributed by atoms with Gasteiger partial charge in [-0.25, -0.2) is 9.97 Å². The summed E-state index contributed by atoms with van der Waals surface area (Å²) in [5.74, 6) is 0.508. The number of pyridine rings is 1. The number of nitrogens with one attached hydrogen (secondary N) is 1. The number of hydrogen-bond donors (Lipinski definition) is 1. The van der Waals surface area contributed by atoms with Crippen molar-refractivity contribution in [2.45, 2.75) is 6.92 Å². The summed E-state index contributed by atoms with van der Waals surface area (Å²) in [7, 11) is 0. The first kappa shape index (κ1) is 16.7. The van der Waals surface area contributed by atoms with Crippen LogP contribution in [-0.4, -0.2) is 15.9 Å². The van der Waals surface area contributed by atoms with Gasteiger partial charge in [-0.2, -0.15) is 0 Å². The van der Waals surface area contributed by atoms with Crippen LogP contribution in [0, 0.1) is 6.92 Å². The first-order chi connectivity index (χ1) is 11.5. The van der Waals surface area contributed by atoms with Gasteiger partial charge in [0, 0.05) is 23.3 Å². The summed E-state index contributed by atoms with van der Waals surface area (Å²) in [6.45, 7) is 1.84. The number of carbonyl (C=O) groups excluding carboxylic acids is 1. The highest BCUT2D eigenvalue weighted by molar-refractivity contribution is 7.09. The summed E-state index contributed by atoms with van der Waals surface area (Å²) in [6.07, 6.45) is 1.48. The van der Waals surface area contributed by atoms with Gasteiger partial charge >= 0.3 is 0 Å². The maximum atomic E-state index is 12.1. The predicted octanol–water partition coefficient (Wildman–Crippen LogP) is 5.20. The highest BCUT2D eigenvalue weighted by atomic mass is 35.5. The quantitative estimate of drug-likeness (QED) is 0.676. The van der Waals surface area contributed by atoms with Gasteiger partial charge in [0.15, 0.2) is 0 Å². The zero-order chi connectivity index (χ0) is 17.1. The van der Waals surface area contributed by atoms with E-state index < -0.39 is 0 Å². The molecule has 0 aliphatic rings. The second-order valence-electron chi connectivity index (χ2n) is 4.77. The van der Waals surface area contributed by atoms with E-state index in [9.17, 15) is 4.79 Å². The highest BCUT2D eigenvalue weighted by Gasteiger charge is 2.11. The molecule has 122 valence electrons. The van der Waals surface area contributed by atoms with Crippen LogP contribution in [0.3, 0.4) is 0 Å². The van der Waals surface area contributed by atoms with E-state index in [0.29, 0.717) is 33.1 Å². The van der Waals surface area contributed by atoms with E-state index >= 15 is 0 Å². The van der Waals surface area contributed by atoms with Crippen molar-refractivity contribution in [3.8, 4) is 11.6 Å². The minimum absolute atomic E-state index is 0.288. The molecule has 8 heteroatoms. The van der Waals surface area contributed by atoms with Crippen LogP contribution in [0.15, 0.2) is 41.9 Å². The van der Waals surface area contributed by atoms with Crippen LogP contribution in [0.2, 0.25) is 10.0 Å². The summed E-state index contributed by atoms with van der Waals surface area (Å²) >= 11 is 13.4. The molecule has 0 spiro atoms. The average Bonchev–Trinajstić information content (AvgIpc) is 2.99. The first-order valence-electron chi connectivity index (χ1n) is 6.84.